The number of carboxylic acid groups (broad SMARTS) is 1. The number of aromatic hydroxyl groups is 1. The highest BCUT2D eigenvalue weighted by Gasteiger charge is 2.12. The van der Waals surface area contributed by atoms with Crippen LogP contribution < -0.4 is 5.73 Å². The van der Waals surface area contributed by atoms with Crippen LogP contribution in [0.1, 0.15) is 5.56 Å². The van der Waals surface area contributed by atoms with E-state index >= 15 is 0 Å². The van der Waals surface area contributed by atoms with E-state index in [9.17, 15) is 9.18 Å². The highest BCUT2D eigenvalue weighted by atomic mass is 19.1. The van der Waals surface area contributed by atoms with Gasteiger partial charge in [-0.1, -0.05) is 0 Å². The SMILES string of the molecule is N[C@@H](Cc1cc(O)cc(F)c1)C(=O)O. The number of hydrogen-bond acceptors (Lipinski definition) is 3. The number of aliphatic carboxylic acids is 1. The summed E-state index contributed by atoms with van der Waals surface area (Å²) in [5, 5.41) is 17.5. The summed E-state index contributed by atoms with van der Waals surface area (Å²) >= 11 is 0. The minimum atomic E-state index is -1.16. The van der Waals surface area contributed by atoms with Crippen LogP contribution in [0.15, 0.2) is 18.2 Å². The van der Waals surface area contributed by atoms with Crippen LogP contribution in [0.2, 0.25) is 0 Å². The van der Waals surface area contributed by atoms with E-state index in [0.717, 1.165) is 12.1 Å². The Balaban J connectivity index is 2.81. The highest BCUT2D eigenvalue weighted by Crippen LogP contribution is 2.15. The van der Waals surface area contributed by atoms with Gasteiger partial charge in [-0.2, -0.15) is 0 Å². The first-order valence-electron chi connectivity index (χ1n) is 3.96. The molecular formula is C9H10FNO3. The Morgan fingerprint density at radius 3 is 2.64 bits per heavy atom. The molecule has 14 heavy (non-hydrogen) atoms. The van der Waals surface area contributed by atoms with E-state index in [1.54, 1.807) is 0 Å². The van der Waals surface area contributed by atoms with Crippen LogP contribution in [0, 0.1) is 5.82 Å². The minimum absolute atomic E-state index is 0.0132. The van der Waals surface area contributed by atoms with E-state index in [-0.39, 0.29) is 12.2 Å². The van der Waals surface area contributed by atoms with Gasteiger partial charge < -0.3 is 15.9 Å². The summed E-state index contributed by atoms with van der Waals surface area (Å²) in [6.45, 7) is 0. The fourth-order valence-corrected chi connectivity index (χ4v) is 1.09. The van der Waals surface area contributed by atoms with Gasteiger partial charge in [-0.25, -0.2) is 4.39 Å². The van der Waals surface area contributed by atoms with Gasteiger partial charge in [-0.05, 0) is 24.1 Å². The Morgan fingerprint density at radius 1 is 1.50 bits per heavy atom. The summed E-state index contributed by atoms with van der Waals surface area (Å²) in [6, 6.07) is 2.28. The second-order valence-corrected chi connectivity index (χ2v) is 2.97. The molecule has 76 valence electrons. The maximum Gasteiger partial charge on any atom is 0.320 e. The monoisotopic (exact) mass is 199 g/mol. The molecule has 0 bridgehead atoms. The number of rotatable bonds is 3. The zero-order valence-corrected chi connectivity index (χ0v) is 7.27. The molecule has 0 aliphatic heterocycles. The summed E-state index contributed by atoms with van der Waals surface area (Å²) < 4.78 is 12.7. The van der Waals surface area contributed by atoms with Gasteiger partial charge in [0.2, 0.25) is 0 Å². The molecule has 0 saturated carbocycles. The normalized spacial score (nSPS) is 12.4. The van der Waals surface area contributed by atoms with Gasteiger partial charge in [-0.3, -0.25) is 4.79 Å². The third-order valence-corrected chi connectivity index (χ3v) is 1.72. The maximum atomic E-state index is 12.7. The first-order valence-corrected chi connectivity index (χ1v) is 3.96. The van der Waals surface area contributed by atoms with Gasteiger partial charge in [0, 0.05) is 6.07 Å². The first kappa shape index (κ1) is 10.5. The van der Waals surface area contributed by atoms with Crippen molar-refractivity contribution < 1.29 is 19.4 Å². The van der Waals surface area contributed by atoms with Crippen molar-refractivity contribution in [3.8, 4) is 5.75 Å². The van der Waals surface area contributed by atoms with Gasteiger partial charge in [-0.15, -0.1) is 0 Å². The van der Waals surface area contributed by atoms with Crippen LogP contribution in [-0.4, -0.2) is 22.2 Å². The molecule has 0 aliphatic rings. The molecule has 1 atom stereocenters. The van der Waals surface area contributed by atoms with E-state index in [0.29, 0.717) is 5.56 Å². The van der Waals surface area contributed by atoms with Gasteiger partial charge >= 0.3 is 5.97 Å². The van der Waals surface area contributed by atoms with Crippen LogP contribution in [0.4, 0.5) is 4.39 Å². The van der Waals surface area contributed by atoms with Crippen molar-refractivity contribution in [3.63, 3.8) is 0 Å². The van der Waals surface area contributed by atoms with E-state index < -0.39 is 17.8 Å². The second kappa shape index (κ2) is 4.06. The van der Waals surface area contributed by atoms with Gasteiger partial charge in [0.25, 0.3) is 0 Å². The average molecular weight is 199 g/mol. The number of hydrogen-bond donors (Lipinski definition) is 3. The van der Waals surface area contributed by atoms with Crippen LogP contribution in [0.5, 0.6) is 5.75 Å². The number of benzene rings is 1. The molecule has 0 heterocycles. The Labute approximate surface area is 79.8 Å². The Bertz CT molecular complexity index is 334. The second-order valence-electron chi connectivity index (χ2n) is 2.97. The predicted molar refractivity (Wildman–Crippen MR) is 47.4 cm³/mol. The molecule has 0 saturated heterocycles. The van der Waals surface area contributed by atoms with E-state index in [1.165, 1.54) is 6.07 Å². The molecule has 1 rings (SSSR count). The molecule has 0 fully saturated rings. The highest BCUT2D eigenvalue weighted by molar-refractivity contribution is 5.73. The van der Waals surface area contributed by atoms with Crippen LogP contribution in [-0.2, 0) is 11.2 Å². The lowest BCUT2D eigenvalue weighted by Crippen LogP contribution is -2.32. The molecular weight excluding hydrogens is 189 g/mol. The third kappa shape index (κ3) is 2.70. The van der Waals surface area contributed by atoms with Gasteiger partial charge in [0.15, 0.2) is 0 Å². The molecule has 0 unspecified atom stereocenters. The summed E-state index contributed by atoms with van der Waals surface area (Å²) in [7, 11) is 0. The number of nitrogens with two attached hydrogens (primary N) is 1. The third-order valence-electron chi connectivity index (χ3n) is 1.72. The predicted octanol–water partition coefficient (Wildman–Crippen LogP) is 0.486. The Kier molecular flexibility index (Phi) is 3.03. The number of carbonyl (C=O) groups is 1. The van der Waals surface area contributed by atoms with Gasteiger partial charge in [0.05, 0.1) is 0 Å². The number of phenolic OH excluding ortho intramolecular Hbond substituents is 1. The lowest BCUT2D eigenvalue weighted by molar-refractivity contribution is -0.138. The molecule has 0 aromatic heterocycles. The number of phenols is 1. The van der Waals surface area contributed by atoms with Crippen molar-refractivity contribution in [2.24, 2.45) is 5.73 Å². The molecule has 5 heteroatoms. The van der Waals surface area contributed by atoms with Crippen molar-refractivity contribution in [2.45, 2.75) is 12.5 Å². The standard InChI is InChI=1S/C9H10FNO3/c10-6-1-5(2-7(12)4-6)3-8(11)9(13)14/h1-2,4,8,12H,3,11H2,(H,13,14)/t8-/m0/s1. The van der Waals surface area contributed by atoms with Gasteiger partial charge in [0.1, 0.15) is 17.6 Å². The molecule has 4 nitrogen and oxygen atoms in total. The maximum absolute atomic E-state index is 12.7. The fraction of sp³-hybridized carbons (Fsp3) is 0.222. The molecule has 1 aromatic carbocycles. The summed E-state index contributed by atoms with van der Waals surface area (Å²) in [5.74, 6) is -2.01. The summed E-state index contributed by atoms with van der Waals surface area (Å²) in [5.41, 5.74) is 5.60. The van der Waals surface area contributed by atoms with Crippen LogP contribution in [0.25, 0.3) is 0 Å². The van der Waals surface area contributed by atoms with Crippen molar-refractivity contribution >= 4 is 5.97 Å². The number of carboxylic acids is 1. The molecule has 0 amide bonds. The lowest BCUT2D eigenvalue weighted by atomic mass is 10.1. The van der Waals surface area contributed by atoms with E-state index in [2.05, 4.69) is 0 Å². The quantitative estimate of drug-likeness (QED) is 0.661. The topological polar surface area (TPSA) is 83.5 Å². The molecule has 0 aliphatic carbocycles. The molecule has 0 spiro atoms. The molecule has 0 radical (unpaired) electrons. The Hall–Kier alpha value is -1.62. The smallest absolute Gasteiger partial charge is 0.320 e. The largest absolute Gasteiger partial charge is 0.508 e. The summed E-state index contributed by atoms with van der Waals surface area (Å²) in [6.07, 6.45) is -0.0132. The van der Waals surface area contributed by atoms with Crippen LogP contribution >= 0.6 is 0 Å². The first-order chi connectivity index (χ1) is 6.49. The fourth-order valence-electron chi connectivity index (χ4n) is 1.09. The van der Waals surface area contributed by atoms with E-state index in [4.69, 9.17) is 15.9 Å². The van der Waals surface area contributed by atoms with Crippen LogP contribution in [0.3, 0.4) is 0 Å². The minimum Gasteiger partial charge on any atom is -0.508 e. The van der Waals surface area contributed by atoms with Crippen molar-refractivity contribution in [2.75, 3.05) is 0 Å². The lowest BCUT2D eigenvalue weighted by Gasteiger charge is -2.06. The number of halogens is 1. The van der Waals surface area contributed by atoms with Crippen molar-refractivity contribution in [1.82, 2.24) is 0 Å². The zero-order chi connectivity index (χ0) is 10.7. The molecule has 4 N–H and O–H groups in total. The zero-order valence-electron chi connectivity index (χ0n) is 7.27. The van der Waals surface area contributed by atoms with E-state index in [1.807, 2.05) is 0 Å². The average Bonchev–Trinajstić information content (AvgIpc) is 2.01. The Morgan fingerprint density at radius 2 is 2.14 bits per heavy atom. The molecule has 1 aromatic rings. The van der Waals surface area contributed by atoms with Crippen molar-refractivity contribution in [3.05, 3.63) is 29.6 Å². The summed E-state index contributed by atoms with van der Waals surface area (Å²) in [4.78, 5) is 10.4. The van der Waals surface area contributed by atoms with Crippen molar-refractivity contribution in [1.29, 1.82) is 0 Å².